The maximum Gasteiger partial charge on any atom is 0.196 e. The third-order valence-electron chi connectivity index (χ3n) is 12.0. The van der Waals surface area contributed by atoms with Crippen molar-refractivity contribution in [1.82, 2.24) is 0 Å². The van der Waals surface area contributed by atoms with Gasteiger partial charge in [-0.25, -0.2) is 9.98 Å². The zero-order valence-electron chi connectivity index (χ0n) is 37.6. The molecule has 1 heterocycles. The van der Waals surface area contributed by atoms with E-state index in [9.17, 15) is 0 Å². The highest BCUT2D eigenvalue weighted by Crippen LogP contribution is 2.39. The number of hydrogen-bond acceptors (Lipinski definition) is 5. The molecule has 0 aromatic heterocycles. The van der Waals surface area contributed by atoms with Crippen LogP contribution in [0.5, 0.6) is 5.75 Å². The molecular weight excluding hydrogens is 833 g/mol. The lowest BCUT2D eigenvalue weighted by Gasteiger charge is -2.26. The third-order valence-corrected chi connectivity index (χ3v) is 12.0. The summed E-state index contributed by atoms with van der Waals surface area (Å²) in [4.78, 5) is 13.2. The number of anilines is 7. The minimum atomic E-state index is -0.264. The minimum Gasteiger partial charge on any atom is -0.464 e. The largest absolute Gasteiger partial charge is 0.464 e. The first kappa shape index (κ1) is 42.9. The first-order valence-electron chi connectivity index (χ1n) is 22.6. The summed E-state index contributed by atoms with van der Waals surface area (Å²) in [6, 6.07) is 83.0. The molecule has 0 saturated heterocycles. The van der Waals surface area contributed by atoms with E-state index in [1.807, 2.05) is 91.0 Å². The second-order valence-electron chi connectivity index (χ2n) is 16.5. The van der Waals surface area contributed by atoms with Gasteiger partial charge >= 0.3 is 0 Å². The number of fused-ring (bicyclic) bond motifs is 3. The zero-order valence-corrected chi connectivity index (χ0v) is 37.6. The maximum absolute atomic E-state index is 8.74. The van der Waals surface area contributed by atoms with Gasteiger partial charge in [0.05, 0.1) is 5.69 Å². The Kier molecular flexibility index (Phi) is 12.3. The molecule has 328 valence electrons. The molecule has 1 aliphatic heterocycles. The van der Waals surface area contributed by atoms with E-state index in [1.165, 1.54) is 38.5 Å². The Bertz CT molecular complexity index is 3360. The standard InChI is InChI=1S/C38H29N5O.C23H19N/c1-40-37(28-15-17-29(18-16-28)38-41-34-13-7-8-14-35(34)44-38)42-36(39)27-20-22-32(23-21-27)43(31-11-3-2-4-12-31)33-24-19-26-9-5-6-10-30(26)25-33;1-18-11-14-22(15-12-18)24(21-9-3-2-4-10-21)23-16-13-19-7-5-6-8-20(19)17-23/h2-25,38-39,41H,1H2;2-17H,1H3. The van der Waals surface area contributed by atoms with Gasteiger partial charge in [0.2, 0.25) is 0 Å². The average Bonchev–Trinajstić information content (AvgIpc) is 3.84. The van der Waals surface area contributed by atoms with E-state index in [1.54, 1.807) is 0 Å². The molecule has 1 aliphatic rings. The molecule has 0 amide bonds. The summed E-state index contributed by atoms with van der Waals surface area (Å²) in [5, 5.41) is 17.0. The molecule has 0 spiro atoms. The number of amidine groups is 2. The van der Waals surface area contributed by atoms with Crippen LogP contribution in [0, 0.1) is 12.3 Å². The molecule has 7 nitrogen and oxygen atoms in total. The first-order chi connectivity index (χ1) is 33.5. The van der Waals surface area contributed by atoms with E-state index < -0.39 is 0 Å². The van der Waals surface area contributed by atoms with Gasteiger partial charge in [0.1, 0.15) is 5.75 Å². The van der Waals surface area contributed by atoms with Crippen LogP contribution in [0.3, 0.4) is 0 Å². The highest BCUT2D eigenvalue weighted by molar-refractivity contribution is 6.11. The predicted octanol–water partition coefficient (Wildman–Crippen LogP) is 15.9. The minimum absolute atomic E-state index is 0.108. The van der Waals surface area contributed by atoms with Crippen LogP contribution in [0.15, 0.2) is 253 Å². The highest BCUT2D eigenvalue weighted by Gasteiger charge is 2.23. The number of hydrogen-bond donors (Lipinski definition) is 2. The molecule has 11 rings (SSSR count). The second kappa shape index (κ2) is 19.6. The number of benzene rings is 10. The molecule has 0 radical (unpaired) electrons. The van der Waals surface area contributed by atoms with Crippen LogP contribution in [-0.4, -0.2) is 18.4 Å². The molecule has 0 fully saturated rings. The van der Waals surface area contributed by atoms with Gasteiger partial charge in [-0.2, -0.15) is 0 Å². The number of para-hydroxylation sites is 4. The van der Waals surface area contributed by atoms with Crippen molar-refractivity contribution in [2.45, 2.75) is 13.2 Å². The van der Waals surface area contributed by atoms with Gasteiger partial charge in [-0.1, -0.05) is 151 Å². The van der Waals surface area contributed by atoms with E-state index >= 15 is 0 Å². The number of ether oxygens (including phenoxy) is 1. The Morgan fingerprint density at radius 3 is 1.44 bits per heavy atom. The summed E-state index contributed by atoms with van der Waals surface area (Å²) in [5.74, 6) is 1.33. The number of aryl methyl sites for hydroxylation is 1. The highest BCUT2D eigenvalue weighted by atomic mass is 16.5. The second-order valence-corrected chi connectivity index (χ2v) is 16.5. The van der Waals surface area contributed by atoms with Crippen LogP contribution in [0.1, 0.15) is 28.5 Å². The van der Waals surface area contributed by atoms with Crippen molar-refractivity contribution in [3.63, 3.8) is 0 Å². The van der Waals surface area contributed by atoms with Crippen molar-refractivity contribution in [1.29, 1.82) is 5.41 Å². The van der Waals surface area contributed by atoms with Gasteiger partial charge in [0.25, 0.3) is 0 Å². The zero-order chi connectivity index (χ0) is 46.2. The molecule has 7 heteroatoms. The quantitative estimate of drug-likeness (QED) is 0.112. The molecule has 0 saturated carbocycles. The molecule has 0 bridgehead atoms. The Morgan fingerprint density at radius 1 is 0.471 bits per heavy atom. The maximum atomic E-state index is 8.74. The number of aliphatic imine (C=N–C) groups is 2. The monoisotopic (exact) mass is 880 g/mol. The van der Waals surface area contributed by atoms with Crippen LogP contribution >= 0.6 is 0 Å². The molecular formula is C61H48N6O. The van der Waals surface area contributed by atoms with Crippen LogP contribution in [0.25, 0.3) is 21.5 Å². The van der Waals surface area contributed by atoms with Gasteiger partial charge in [-0.05, 0) is 132 Å². The Labute approximate surface area is 397 Å². The molecule has 2 N–H and O–H groups in total. The average molecular weight is 881 g/mol. The van der Waals surface area contributed by atoms with Gasteiger partial charge in [-0.3, -0.25) is 5.41 Å². The van der Waals surface area contributed by atoms with E-state index in [0.29, 0.717) is 11.4 Å². The lowest BCUT2D eigenvalue weighted by molar-refractivity contribution is 0.260. The molecule has 1 unspecified atom stereocenters. The number of nitrogens with one attached hydrogen (secondary N) is 2. The number of rotatable bonds is 9. The van der Waals surface area contributed by atoms with Crippen LogP contribution in [0.4, 0.5) is 39.8 Å². The Hall–Kier alpha value is -9.07. The molecule has 1 atom stereocenters. The molecule has 10 aromatic rings. The van der Waals surface area contributed by atoms with Crippen molar-refractivity contribution < 1.29 is 4.74 Å². The molecule has 68 heavy (non-hydrogen) atoms. The van der Waals surface area contributed by atoms with E-state index in [0.717, 1.165) is 45.3 Å². The van der Waals surface area contributed by atoms with Crippen molar-refractivity contribution in [2.24, 2.45) is 9.98 Å². The van der Waals surface area contributed by atoms with E-state index in [4.69, 9.17) is 10.1 Å². The van der Waals surface area contributed by atoms with Gasteiger partial charge < -0.3 is 19.9 Å². The summed E-state index contributed by atoms with van der Waals surface area (Å²) in [5.41, 5.74) is 11.3. The fraction of sp³-hybridized carbons (Fsp3) is 0.0328. The lowest BCUT2D eigenvalue weighted by Crippen LogP contribution is -2.11. The fourth-order valence-corrected chi connectivity index (χ4v) is 8.45. The third kappa shape index (κ3) is 9.36. The fourth-order valence-electron chi connectivity index (χ4n) is 8.45. The Balaban J connectivity index is 0.000000189. The van der Waals surface area contributed by atoms with Gasteiger partial charge in [0, 0.05) is 50.8 Å². The van der Waals surface area contributed by atoms with Crippen LogP contribution < -0.4 is 19.9 Å². The first-order valence-corrected chi connectivity index (χ1v) is 22.6. The topological polar surface area (TPSA) is 76.3 Å². The predicted molar refractivity (Wildman–Crippen MR) is 285 cm³/mol. The summed E-state index contributed by atoms with van der Waals surface area (Å²) < 4.78 is 6.03. The van der Waals surface area contributed by atoms with Crippen molar-refractivity contribution >= 4 is 79.7 Å². The van der Waals surface area contributed by atoms with Crippen LogP contribution in [0.2, 0.25) is 0 Å². The molecule has 10 aromatic carbocycles. The smallest absolute Gasteiger partial charge is 0.196 e. The summed E-state index contributed by atoms with van der Waals surface area (Å²) in [6.07, 6.45) is -0.264. The SMILES string of the molecule is C=NC(=NC(=N)c1ccc(N(c2ccccc2)c2ccc3ccccc3c2)cc1)c1ccc(C2Nc3ccccc3O2)cc1.Cc1ccc(N(c2ccccc2)c2ccc3ccccc3c2)cc1. The van der Waals surface area contributed by atoms with Crippen LogP contribution in [-0.2, 0) is 0 Å². The summed E-state index contributed by atoms with van der Waals surface area (Å²) >= 11 is 0. The van der Waals surface area contributed by atoms with E-state index in [2.05, 4.69) is 190 Å². The van der Waals surface area contributed by atoms with Gasteiger partial charge in [-0.15, -0.1) is 0 Å². The van der Waals surface area contributed by atoms with Gasteiger partial charge in [0.15, 0.2) is 17.9 Å². The van der Waals surface area contributed by atoms with Crippen molar-refractivity contribution in [3.8, 4) is 5.75 Å². The number of nitrogens with zero attached hydrogens (tertiary/aromatic N) is 4. The summed E-state index contributed by atoms with van der Waals surface area (Å²) in [7, 11) is 0. The normalized spacial score (nSPS) is 12.8. The van der Waals surface area contributed by atoms with E-state index in [-0.39, 0.29) is 12.1 Å². The Morgan fingerprint density at radius 2 is 0.912 bits per heavy atom. The lowest BCUT2D eigenvalue weighted by atomic mass is 10.1. The van der Waals surface area contributed by atoms with Crippen molar-refractivity contribution in [3.05, 3.63) is 265 Å². The summed E-state index contributed by atoms with van der Waals surface area (Å²) in [6.45, 7) is 5.83. The van der Waals surface area contributed by atoms with Crippen molar-refractivity contribution in [2.75, 3.05) is 15.1 Å². The molecule has 0 aliphatic carbocycles.